The summed E-state index contributed by atoms with van der Waals surface area (Å²) in [4.78, 5) is 33.1. The quantitative estimate of drug-likeness (QED) is 0.537. The number of alkyl halides is 3. The Morgan fingerprint density at radius 1 is 1.09 bits per heavy atom. The van der Waals surface area contributed by atoms with Crippen LogP contribution in [0.25, 0.3) is 11.1 Å². The number of aryl methyl sites for hydroxylation is 1. The highest BCUT2D eigenvalue weighted by molar-refractivity contribution is 5.91. The lowest BCUT2D eigenvalue weighted by molar-refractivity contribution is -0.138. The van der Waals surface area contributed by atoms with Crippen molar-refractivity contribution in [2.24, 2.45) is 0 Å². The second kappa shape index (κ2) is 9.90. The van der Waals surface area contributed by atoms with E-state index in [1.807, 2.05) is 0 Å². The molecular formula is C24H22F3N3O4. The number of aromatic nitrogens is 2. The lowest BCUT2D eigenvalue weighted by atomic mass is 9.94. The van der Waals surface area contributed by atoms with Gasteiger partial charge in [0, 0.05) is 18.7 Å². The number of carboxylic acid groups (broad SMARTS) is 1. The summed E-state index contributed by atoms with van der Waals surface area (Å²) in [6, 6.07) is 9.40. The fourth-order valence-electron chi connectivity index (χ4n) is 3.53. The molecule has 0 unspecified atom stereocenters. The molecule has 0 saturated heterocycles. The number of carbonyl (C=O) groups excluding carboxylic acids is 1. The van der Waals surface area contributed by atoms with Gasteiger partial charge in [-0.1, -0.05) is 12.1 Å². The summed E-state index contributed by atoms with van der Waals surface area (Å²) in [5, 5.41) is 9.15. The van der Waals surface area contributed by atoms with Gasteiger partial charge in [0.2, 0.25) is 5.91 Å². The van der Waals surface area contributed by atoms with Crippen LogP contribution in [0.5, 0.6) is 5.75 Å². The summed E-state index contributed by atoms with van der Waals surface area (Å²) in [5.74, 6) is -0.480. The molecule has 0 saturated carbocycles. The second-order valence-electron chi connectivity index (χ2n) is 7.54. The maximum Gasteiger partial charge on any atom is 0.416 e. The van der Waals surface area contributed by atoms with Crippen molar-refractivity contribution in [2.45, 2.75) is 33.0 Å². The number of methoxy groups -OCH3 is 1. The first-order chi connectivity index (χ1) is 16.0. The van der Waals surface area contributed by atoms with Gasteiger partial charge in [0.1, 0.15) is 17.4 Å². The van der Waals surface area contributed by atoms with Crippen molar-refractivity contribution in [3.05, 3.63) is 71.2 Å². The van der Waals surface area contributed by atoms with Crippen LogP contribution in [0.4, 0.5) is 19.0 Å². The summed E-state index contributed by atoms with van der Waals surface area (Å²) >= 11 is 0. The van der Waals surface area contributed by atoms with Gasteiger partial charge in [-0.15, -0.1) is 0 Å². The molecule has 0 bridgehead atoms. The number of amides is 1. The van der Waals surface area contributed by atoms with Crippen LogP contribution in [0.2, 0.25) is 0 Å². The van der Waals surface area contributed by atoms with Crippen LogP contribution < -0.4 is 9.64 Å². The van der Waals surface area contributed by atoms with E-state index in [9.17, 15) is 22.8 Å². The number of aliphatic carboxylic acids is 1. The number of nitrogens with zero attached hydrogens (tertiary/aromatic N) is 3. The van der Waals surface area contributed by atoms with E-state index in [0.717, 1.165) is 12.1 Å². The Bertz CT molecular complexity index is 1230. The van der Waals surface area contributed by atoms with Crippen LogP contribution >= 0.6 is 0 Å². The van der Waals surface area contributed by atoms with E-state index >= 15 is 0 Å². The Morgan fingerprint density at radius 3 is 2.41 bits per heavy atom. The molecule has 0 atom stereocenters. The summed E-state index contributed by atoms with van der Waals surface area (Å²) in [6.45, 7) is 2.71. The van der Waals surface area contributed by atoms with Gasteiger partial charge in [-0.3, -0.25) is 14.5 Å². The number of carboxylic acids is 1. The van der Waals surface area contributed by atoms with Crippen molar-refractivity contribution in [3.63, 3.8) is 0 Å². The van der Waals surface area contributed by atoms with Crippen LogP contribution in [0.15, 0.2) is 48.7 Å². The number of ether oxygens (including phenoxy) is 1. The van der Waals surface area contributed by atoms with Crippen molar-refractivity contribution in [1.82, 2.24) is 9.97 Å². The lowest BCUT2D eigenvalue weighted by Gasteiger charge is -2.23. The van der Waals surface area contributed by atoms with Crippen molar-refractivity contribution in [1.29, 1.82) is 0 Å². The van der Waals surface area contributed by atoms with Crippen LogP contribution in [0, 0.1) is 6.92 Å². The Morgan fingerprint density at radius 2 is 1.82 bits per heavy atom. The molecule has 0 aliphatic rings. The van der Waals surface area contributed by atoms with Gasteiger partial charge in [0.15, 0.2) is 0 Å². The topological polar surface area (TPSA) is 92.6 Å². The maximum atomic E-state index is 13.5. The Hall–Kier alpha value is -3.95. The van der Waals surface area contributed by atoms with Gasteiger partial charge < -0.3 is 9.84 Å². The van der Waals surface area contributed by atoms with Crippen LogP contribution in [-0.2, 0) is 28.7 Å². The molecule has 178 valence electrons. The summed E-state index contributed by atoms with van der Waals surface area (Å²) in [6.07, 6.45) is -3.42. The molecule has 7 nitrogen and oxygen atoms in total. The number of anilines is 1. The van der Waals surface area contributed by atoms with E-state index in [1.54, 1.807) is 25.1 Å². The van der Waals surface area contributed by atoms with Gasteiger partial charge >= 0.3 is 12.1 Å². The standard InChI is InChI=1S/C24H22F3N3O4/c1-14-28-9-8-22(29-14)30(15(2)31)13-17-12-18(24(25,26)27)5-6-19(17)20-10-16(11-23(32)33)4-7-21(20)34-3/h4-10,12H,11,13H2,1-3H3,(H,32,33). The second-order valence-corrected chi connectivity index (χ2v) is 7.54. The number of carbonyl (C=O) groups is 2. The fourth-order valence-corrected chi connectivity index (χ4v) is 3.53. The normalized spacial score (nSPS) is 11.2. The van der Waals surface area contributed by atoms with Gasteiger partial charge in [-0.05, 0) is 53.9 Å². The largest absolute Gasteiger partial charge is 0.496 e. The zero-order valence-corrected chi connectivity index (χ0v) is 18.7. The molecule has 1 aromatic heterocycles. The molecule has 34 heavy (non-hydrogen) atoms. The first-order valence-corrected chi connectivity index (χ1v) is 10.2. The number of benzene rings is 2. The van der Waals surface area contributed by atoms with E-state index in [-0.39, 0.29) is 24.3 Å². The first-order valence-electron chi connectivity index (χ1n) is 10.2. The van der Waals surface area contributed by atoms with E-state index in [0.29, 0.717) is 28.3 Å². The first kappa shape index (κ1) is 24.7. The number of rotatable bonds is 7. The molecule has 0 aliphatic carbocycles. The van der Waals surface area contributed by atoms with Gasteiger partial charge in [0.05, 0.1) is 25.6 Å². The molecule has 1 N–H and O–H groups in total. The molecule has 1 amide bonds. The lowest BCUT2D eigenvalue weighted by Crippen LogP contribution is -2.29. The average Bonchev–Trinajstić information content (AvgIpc) is 2.76. The Balaban J connectivity index is 2.20. The number of hydrogen-bond donors (Lipinski definition) is 1. The minimum Gasteiger partial charge on any atom is -0.496 e. The number of hydrogen-bond acceptors (Lipinski definition) is 5. The van der Waals surface area contributed by atoms with Crippen LogP contribution in [-0.4, -0.2) is 34.1 Å². The molecule has 0 aliphatic heterocycles. The monoisotopic (exact) mass is 473 g/mol. The Kier molecular flexibility index (Phi) is 7.19. The third-order valence-electron chi connectivity index (χ3n) is 5.09. The fraction of sp³-hybridized carbons (Fsp3) is 0.250. The van der Waals surface area contributed by atoms with Crippen LogP contribution in [0.1, 0.15) is 29.4 Å². The zero-order chi connectivity index (χ0) is 25.0. The van der Waals surface area contributed by atoms with Gasteiger partial charge in [0.25, 0.3) is 0 Å². The van der Waals surface area contributed by atoms with E-state index < -0.39 is 23.6 Å². The minimum atomic E-state index is -4.60. The smallest absolute Gasteiger partial charge is 0.416 e. The highest BCUT2D eigenvalue weighted by Crippen LogP contribution is 2.38. The molecule has 0 fully saturated rings. The molecule has 3 aromatic rings. The Labute approximate surface area is 193 Å². The highest BCUT2D eigenvalue weighted by Gasteiger charge is 2.32. The van der Waals surface area contributed by atoms with E-state index in [2.05, 4.69) is 9.97 Å². The zero-order valence-electron chi connectivity index (χ0n) is 18.7. The van der Waals surface area contributed by atoms with E-state index in [4.69, 9.17) is 9.84 Å². The van der Waals surface area contributed by atoms with Crippen LogP contribution in [0.3, 0.4) is 0 Å². The van der Waals surface area contributed by atoms with E-state index in [1.165, 1.54) is 37.3 Å². The average molecular weight is 473 g/mol. The summed E-state index contributed by atoms with van der Waals surface area (Å²) in [5.41, 5.74) is 0.534. The van der Waals surface area contributed by atoms with Crippen molar-refractivity contribution >= 4 is 17.7 Å². The summed E-state index contributed by atoms with van der Waals surface area (Å²) < 4.78 is 46.0. The number of halogens is 3. The third kappa shape index (κ3) is 5.69. The minimum absolute atomic E-state index is 0.187. The predicted molar refractivity (Wildman–Crippen MR) is 118 cm³/mol. The van der Waals surface area contributed by atoms with Gasteiger partial charge in [-0.2, -0.15) is 13.2 Å². The molecule has 0 spiro atoms. The molecule has 1 heterocycles. The van der Waals surface area contributed by atoms with Gasteiger partial charge in [-0.25, -0.2) is 9.97 Å². The molecule has 0 radical (unpaired) electrons. The third-order valence-corrected chi connectivity index (χ3v) is 5.09. The highest BCUT2D eigenvalue weighted by atomic mass is 19.4. The molecule has 2 aromatic carbocycles. The van der Waals surface area contributed by atoms with Crippen molar-refractivity contribution in [2.75, 3.05) is 12.0 Å². The molecular weight excluding hydrogens is 451 g/mol. The van der Waals surface area contributed by atoms with Crippen molar-refractivity contribution < 1.29 is 32.6 Å². The molecule has 10 heteroatoms. The predicted octanol–water partition coefficient (Wildman–Crippen LogP) is 4.66. The maximum absolute atomic E-state index is 13.5. The SMILES string of the molecule is COc1ccc(CC(=O)O)cc1-c1ccc(C(F)(F)F)cc1CN(C(C)=O)c1ccnc(C)n1. The summed E-state index contributed by atoms with van der Waals surface area (Å²) in [7, 11) is 1.41. The van der Waals surface area contributed by atoms with Crippen molar-refractivity contribution in [3.8, 4) is 16.9 Å². The molecule has 3 rings (SSSR count).